The standard InChI is InChI=1S/C17H36N.CN/c1-3-5-7-8-9-10-11-15-18(14-6-4-2)16-12-13-17-18;1-2/h3-17H2,1-2H3;/q+1;-1. The van der Waals surface area contributed by atoms with Gasteiger partial charge in [-0.15, -0.1) is 0 Å². The van der Waals surface area contributed by atoms with Gasteiger partial charge in [0, 0.05) is 12.8 Å². The lowest BCUT2D eigenvalue weighted by Gasteiger charge is -2.34. The molecule has 0 radical (unpaired) electrons. The van der Waals surface area contributed by atoms with Crippen LogP contribution in [0.25, 0.3) is 0 Å². The van der Waals surface area contributed by atoms with Crippen molar-refractivity contribution in [2.75, 3.05) is 26.2 Å². The largest absolute Gasteiger partial charge is 0.512 e. The highest BCUT2D eigenvalue weighted by Gasteiger charge is 2.30. The SMILES string of the molecule is CCCCCCCCC[N+]1(CCCC)CCCC1.[C-]#N. The second-order valence-corrected chi connectivity index (χ2v) is 6.42. The highest BCUT2D eigenvalue weighted by atomic mass is 15.4. The molecule has 0 aliphatic carbocycles. The summed E-state index contributed by atoms with van der Waals surface area (Å²) in [4.78, 5) is 0. The maximum atomic E-state index is 6.25. The van der Waals surface area contributed by atoms with Crippen LogP contribution in [0.4, 0.5) is 0 Å². The van der Waals surface area contributed by atoms with Gasteiger partial charge in [0.1, 0.15) is 0 Å². The van der Waals surface area contributed by atoms with Gasteiger partial charge in [-0.2, -0.15) is 0 Å². The van der Waals surface area contributed by atoms with Crippen LogP contribution in [0.2, 0.25) is 0 Å². The maximum absolute atomic E-state index is 6.25. The van der Waals surface area contributed by atoms with Gasteiger partial charge in [-0.1, -0.05) is 52.4 Å². The number of hydrogen-bond donors (Lipinski definition) is 0. The second-order valence-electron chi connectivity index (χ2n) is 6.42. The molecule has 1 rings (SSSR count). The Bertz CT molecular complexity index is 217. The number of unbranched alkanes of at least 4 members (excludes halogenated alkanes) is 7. The predicted octanol–water partition coefficient (Wildman–Crippen LogP) is 5.24. The Morgan fingerprint density at radius 2 is 1.15 bits per heavy atom. The van der Waals surface area contributed by atoms with Crippen molar-refractivity contribution in [2.24, 2.45) is 0 Å². The van der Waals surface area contributed by atoms with E-state index < -0.39 is 0 Å². The molecule has 0 N–H and O–H groups in total. The van der Waals surface area contributed by atoms with Crippen molar-refractivity contribution < 1.29 is 4.48 Å². The minimum atomic E-state index is 1.37. The Balaban J connectivity index is 0.00000172. The van der Waals surface area contributed by atoms with Crippen LogP contribution in [0.3, 0.4) is 0 Å². The third-order valence-corrected chi connectivity index (χ3v) is 4.74. The Labute approximate surface area is 127 Å². The summed E-state index contributed by atoms with van der Waals surface area (Å²) in [5.41, 5.74) is 0. The molecule has 0 aromatic rings. The molecule has 20 heavy (non-hydrogen) atoms. The van der Waals surface area contributed by atoms with Crippen molar-refractivity contribution in [1.82, 2.24) is 0 Å². The molecule has 0 aromatic carbocycles. The fourth-order valence-corrected chi connectivity index (χ4v) is 3.46. The van der Waals surface area contributed by atoms with E-state index in [1.54, 1.807) is 0 Å². The van der Waals surface area contributed by atoms with Crippen molar-refractivity contribution in [3.05, 3.63) is 6.57 Å². The van der Waals surface area contributed by atoms with E-state index >= 15 is 0 Å². The van der Waals surface area contributed by atoms with Gasteiger partial charge in [-0.25, -0.2) is 0 Å². The van der Waals surface area contributed by atoms with Crippen molar-refractivity contribution in [3.63, 3.8) is 0 Å². The zero-order valence-corrected chi connectivity index (χ0v) is 14.0. The van der Waals surface area contributed by atoms with Gasteiger partial charge >= 0.3 is 0 Å². The first-order chi connectivity index (χ1) is 9.83. The normalized spacial score (nSPS) is 16.6. The van der Waals surface area contributed by atoms with Crippen LogP contribution in [-0.2, 0) is 0 Å². The molecule has 0 unspecified atom stereocenters. The monoisotopic (exact) mass is 280 g/mol. The van der Waals surface area contributed by atoms with E-state index in [-0.39, 0.29) is 0 Å². The van der Waals surface area contributed by atoms with Gasteiger partial charge in [0.15, 0.2) is 0 Å². The van der Waals surface area contributed by atoms with E-state index in [1.807, 2.05) is 0 Å². The van der Waals surface area contributed by atoms with Crippen LogP contribution in [0.5, 0.6) is 0 Å². The van der Waals surface area contributed by atoms with Crippen LogP contribution < -0.4 is 0 Å². The average molecular weight is 280 g/mol. The lowest BCUT2D eigenvalue weighted by Crippen LogP contribution is -2.46. The predicted molar refractivity (Wildman–Crippen MR) is 86.8 cm³/mol. The Morgan fingerprint density at radius 3 is 1.70 bits per heavy atom. The van der Waals surface area contributed by atoms with Crippen molar-refractivity contribution in [1.29, 1.82) is 5.26 Å². The lowest BCUT2D eigenvalue weighted by molar-refractivity contribution is -0.917. The van der Waals surface area contributed by atoms with E-state index in [9.17, 15) is 0 Å². The molecule has 0 atom stereocenters. The quantitative estimate of drug-likeness (QED) is 0.288. The van der Waals surface area contributed by atoms with E-state index in [0.717, 1.165) is 0 Å². The van der Waals surface area contributed by atoms with Gasteiger partial charge in [0.25, 0.3) is 0 Å². The summed E-state index contributed by atoms with van der Waals surface area (Å²) in [6.45, 7) is 15.3. The third-order valence-electron chi connectivity index (χ3n) is 4.74. The molecule has 0 bridgehead atoms. The van der Waals surface area contributed by atoms with E-state index in [4.69, 9.17) is 11.8 Å². The van der Waals surface area contributed by atoms with Crippen LogP contribution in [0, 0.1) is 11.8 Å². The Kier molecular flexibility index (Phi) is 13.1. The summed E-state index contributed by atoms with van der Waals surface area (Å²) in [7, 11) is 0. The smallest absolute Gasteiger partial charge is 0.0788 e. The molecule has 1 fully saturated rings. The molecule has 1 heterocycles. The summed E-state index contributed by atoms with van der Waals surface area (Å²) in [5, 5.41) is 6.25. The van der Waals surface area contributed by atoms with Crippen molar-refractivity contribution in [2.45, 2.75) is 84.5 Å². The minimum absolute atomic E-state index is 1.37. The molecule has 0 saturated carbocycles. The zero-order valence-electron chi connectivity index (χ0n) is 14.0. The van der Waals surface area contributed by atoms with Crippen LogP contribution >= 0.6 is 0 Å². The number of likely N-dealkylation sites (tertiary alicyclic amines) is 1. The molecule has 2 nitrogen and oxygen atoms in total. The Hall–Kier alpha value is -0.550. The van der Waals surface area contributed by atoms with Crippen LogP contribution in [0.1, 0.15) is 84.5 Å². The summed E-state index contributed by atoms with van der Waals surface area (Å²) in [6, 6.07) is 0. The van der Waals surface area contributed by atoms with Gasteiger partial charge in [0.05, 0.1) is 26.2 Å². The molecule has 2 heteroatoms. The maximum Gasteiger partial charge on any atom is 0.0788 e. The van der Waals surface area contributed by atoms with Gasteiger partial charge in [-0.3, -0.25) is 0 Å². The highest BCUT2D eigenvalue weighted by molar-refractivity contribution is 4.56. The average Bonchev–Trinajstić information content (AvgIpc) is 2.95. The summed E-state index contributed by atoms with van der Waals surface area (Å²) in [5.74, 6) is 0. The summed E-state index contributed by atoms with van der Waals surface area (Å²) < 4.78 is 1.48. The number of quaternary nitrogens is 1. The fourth-order valence-electron chi connectivity index (χ4n) is 3.46. The first-order valence-electron chi connectivity index (χ1n) is 8.90. The Morgan fingerprint density at radius 1 is 0.700 bits per heavy atom. The molecule has 0 aromatic heterocycles. The number of hydrogen-bond acceptors (Lipinski definition) is 1. The molecular weight excluding hydrogens is 244 g/mol. The minimum Gasteiger partial charge on any atom is -0.512 e. The second kappa shape index (κ2) is 13.4. The topological polar surface area (TPSA) is 23.8 Å². The number of nitrogens with zero attached hydrogens (tertiary/aromatic N) is 2. The fraction of sp³-hybridized carbons (Fsp3) is 0.944. The molecule has 0 spiro atoms. The molecule has 1 aliphatic heterocycles. The first kappa shape index (κ1) is 19.4. The van der Waals surface area contributed by atoms with Gasteiger partial charge in [-0.05, 0) is 19.3 Å². The number of rotatable bonds is 11. The van der Waals surface area contributed by atoms with Crippen molar-refractivity contribution >= 4 is 0 Å². The van der Waals surface area contributed by atoms with E-state index in [1.165, 1.54) is 101 Å². The molecule has 1 saturated heterocycles. The van der Waals surface area contributed by atoms with Gasteiger partial charge in [0.2, 0.25) is 0 Å². The molecule has 0 amide bonds. The van der Waals surface area contributed by atoms with Crippen molar-refractivity contribution in [3.8, 4) is 0 Å². The molecule has 1 aliphatic rings. The third kappa shape index (κ3) is 8.59. The molecular formula is C18H36N2. The first-order valence-corrected chi connectivity index (χ1v) is 8.90. The van der Waals surface area contributed by atoms with Crippen LogP contribution in [-0.4, -0.2) is 30.7 Å². The van der Waals surface area contributed by atoms with Gasteiger partial charge < -0.3 is 16.3 Å². The molecule has 118 valence electrons. The van der Waals surface area contributed by atoms with E-state index in [2.05, 4.69) is 13.8 Å². The summed E-state index contributed by atoms with van der Waals surface area (Å²) in [6.07, 6.45) is 16.0. The highest BCUT2D eigenvalue weighted by Crippen LogP contribution is 2.22. The van der Waals surface area contributed by atoms with Crippen LogP contribution in [0.15, 0.2) is 0 Å². The summed E-state index contributed by atoms with van der Waals surface area (Å²) >= 11 is 0. The van der Waals surface area contributed by atoms with E-state index in [0.29, 0.717) is 0 Å². The zero-order chi connectivity index (χ0) is 15.1. The lowest BCUT2D eigenvalue weighted by atomic mass is 10.1.